The summed E-state index contributed by atoms with van der Waals surface area (Å²) in [6, 6.07) is 6.56. The van der Waals surface area contributed by atoms with Crippen LogP contribution in [0.1, 0.15) is 86.0 Å². The van der Waals surface area contributed by atoms with E-state index in [9.17, 15) is 4.79 Å². The second-order valence-corrected chi connectivity index (χ2v) is 9.45. The fourth-order valence-corrected chi connectivity index (χ4v) is 5.57. The molecule has 7 heteroatoms. The van der Waals surface area contributed by atoms with E-state index in [1.165, 1.54) is 49.0 Å². The van der Waals surface area contributed by atoms with Gasteiger partial charge in [-0.3, -0.25) is 4.79 Å². The number of likely N-dealkylation sites (tertiary alicyclic amines) is 1. The van der Waals surface area contributed by atoms with Crippen molar-refractivity contribution in [2.24, 2.45) is 0 Å². The quantitative estimate of drug-likeness (QED) is 0.679. The molecule has 0 unspecified atom stereocenters. The summed E-state index contributed by atoms with van der Waals surface area (Å²) >= 11 is 0. The first-order chi connectivity index (χ1) is 15.1. The molecule has 3 heterocycles. The number of hydrogen-bond donors (Lipinski definition) is 2. The maximum absolute atomic E-state index is 13.4. The molecule has 1 aliphatic heterocycles. The highest BCUT2D eigenvalue weighted by Crippen LogP contribution is 2.31. The van der Waals surface area contributed by atoms with Crippen molar-refractivity contribution >= 4 is 10.9 Å². The zero-order valence-electron chi connectivity index (χ0n) is 18.7. The Morgan fingerprint density at radius 3 is 2.55 bits per heavy atom. The molecule has 0 spiro atoms. The lowest BCUT2D eigenvalue weighted by molar-refractivity contribution is -0.925. The minimum atomic E-state index is -0.136. The zero-order chi connectivity index (χ0) is 21.4. The van der Waals surface area contributed by atoms with Gasteiger partial charge in [0.1, 0.15) is 0 Å². The van der Waals surface area contributed by atoms with Gasteiger partial charge >= 0.3 is 0 Å². The summed E-state index contributed by atoms with van der Waals surface area (Å²) < 4.78 is 2.04. The van der Waals surface area contributed by atoms with Crippen LogP contribution in [0.3, 0.4) is 0 Å². The zero-order valence-corrected chi connectivity index (χ0v) is 18.7. The molecule has 0 amide bonds. The summed E-state index contributed by atoms with van der Waals surface area (Å²) in [5, 5.41) is 14.1. The van der Waals surface area contributed by atoms with Crippen molar-refractivity contribution in [3.8, 4) is 0 Å². The van der Waals surface area contributed by atoms with E-state index in [2.05, 4.69) is 52.6 Å². The largest absolute Gasteiger partial charge is 0.322 e. The van der Waals surface area contributed by atoms with Crippen molar-refractivity contribution in [1.82, 2.24) is 25.2 Å². The monoisotopic (exact) mass is 421 g/mol. The normalized spacial score (nSPS) is 19.7. The number of H-pyrrole nitrogens is 1. The van der Waals surface area contributed by atoms with Crippen LogP contribution in [0.2, 0.25) is 0 Å². The second-order valence-electron chi connectivity index (χ2n) is 9.45. The van der Waals surface area contributed by atoms with Crippen molar-refractivity contribution < 1.29 is 4.90 Å². The van der Waals surface area contributed by atoms with Gasteiger partial charge in [-0.05, 0) is 85.4 Å². The molecule has 31 heavy (non-hydrogen) atoms. The van der Waals surface area contributed by atoms with Gasteiger partial charge in [-0.25, -0.2) is 4.68 Å². The summed E-state index contributed by atoms with van der Waals surface area (Å²) in [6.07, 6.45) is 9.56. The molecule has 3 aromatic rings. The molecule has 0 radical (unpaired) electrons. The molecular weight excluding hydrogens is 388 g/mol. The number of tetrazole rings is 1. The number of aryl methyl sites for hydroxylation is 2. The maximum atomic E-state index is 13.4. The number of nitrogens with zero attached hydrogens (tertiary/aromatic N) is 4. The van der Waals surface area contributed by atoms with E-state index in [0.717, 1.165) is 53.8 Å². The number of nitrogens with one attached hydrogen (secondary N) is 2. The van der Waals surface area contributed by atoms with Crippen molar-refractivity contribution in [3.05, 3.63) is 51.1 Å². The Labute approximate surface area is 182 Å². The molecular formula is C24H33N6O+. The van der Waals surface area contributed by atoms with Crippen molar-refractivity contribution in [3.63, 3.8) is 0 Å². The lowest BCUT2D eigenvalue weighted by Crippen LogP contribution is -3.12. The van der Waals surface area contributed by atoms with E-state index in [-0.39, 0.29) is 11.6 Å². The van der Waals surface area contributed by atoms with Gasteiger partial charge in [-0.2, -0.15) is 0 Å². The highest BCUT2D eigenvalue weighted by atomic mass is 16.1. The van der Waals surface area contributed by atoms with Gasteiger partial charge in [0.2, 0.25) is 5.82 Å². The maximum Gasteiger partial charge on any atom is 0.258 e. The molecule has 1 saturated heterocycles. The van der Waals surface area contributed by atoms with E-state index >= 15 is 0 Å². The highest BCUT2D eigenvalue weighted by molar-refractivity contribution is 5.83. The molecule has 2 fully saturated rings. The van der Waals surface area contributed by atoms with E-state index < -0.39 is 0 Å². The number of quaternary nitrogens is 1. The number of rotatable bonds is 4. The summed E-state index contributed by atoms with van der Waals surface area (Å²) in [5.41, 5.74) is 4.05. The van der Waals surface area contributed by atoms with Crippen LogP contribution in [0.5, 0.6) is 0 Å². The van der Waals surface area contributed by atoms with Crippen LogP contribution in [0.25, 0.3) is 10.9 Å². The lowest BCUT2D eigenvalue weighted by atomic mass is 10.00. The molecule has 1 aromatic carbocycles. The van der Waals surface area contributed by atoms with Gasteiger partial charge in [-0.15, -0.1) is 5.10 Å². The van der Waals surface area contributed by atoms with E-state index in [1.807, 2.05) is 4.68 Å². The highest BCUT2D eigenvalue weighted by Gasteiger charge is 2.36. The van der Waals surface area contributed by atoms with Gasteiger partial charge in [0.25, 0.3) is 5.56 Å². The molecule has 2 N–H and O–H groups in total. The molecule has 2 aromatic heterocycles. The summed E-state index contributed by atoms with van der Waals surface area (Å²) in [5.74, 6) is 0.859. The van der Waals surface area contributed by atoms with Gasteiger partial charge in [-0.1, -0.05) is 25.0 Å². The Morgan fingerprint density at radius 1 is 1.06 bits per heavy atom. The summed E-state index contributed by atoms with van der Waals surface area (Å²) in [4.78, 5) is 18.1. The van der Waals surface area contributed by atoms with Crippen LogP contribution in [0.15, 0.2) is 23.0 Å². The molecule has 1 saturated carbocycles. The molecule has 1 aliphatic carbocycles. The Morgan fingerprint density at radius 2 is 1.81 bits per heavy atom. The topological polar surface area (TPSA) is 80.9 Å². The van der Waals surface area contributed by atoms with Crippen molar-refractivity contribution in [2.75, 3.05) is 13.1 Å². The summed E-state index contributed by atoms with van der Waals surface area (Å²) in [6.45, 7) is 6.26. The van der Waals surface area contributed by atoms with Crippen LogP contribution in [0, 0.1) is 13.8 Å². The fourth-order valence-electron chi connectivity index (χ4n) is 5.57. The van der Waals surface area contributed by atoms with Crippen LogP contribution >= 0.6 is 0 Å². The van der Waals surface area contributed by atoms with Crippen molar-refractivity contribution in [1.29, 1.82) is 0 Å². The molecule has 5 rings (SSSR count). The third-order valence-electron chi connectivity index (χ3n) is 7.49. The van der Waals surface area contributed by atoms with Crippen molar-refractivity contribution in [2.45, 2.75) is 77.3 Å². The smallest absolute Gasteiger partial charge is 0.258 e. The summed E-state index contributed by atoms with van der Waals surface area (Å²) in [7, 11) is 0. The third-order valence-corrected chi connectivity index (χ3v) is 7.49. The van der Waals surface area contributed by atoms with E-state index in [4.69, 9.17) is 0 Å². The Balaban J connectivity index is 1.66. The molecule has 0 bridgehead atoms. The van der Waals surface area contributed by atoms with Gasteiger partial charge in [0.15, 0.2) is 6.04 Å². The van der Waals surface area contributed by atoms with Gasteiger partial charge in [0, 0.05) is 0 Å². The van der Waals surface area contributed by atoms with Crippen LogP contribution < -0.4 is 10.5 Å². The first-order valence-electron chi connectivity index (χ1n) is 11.9. The molecule has 7 nitrogen and oxygen atoms in total. The number of fused-ring (bicyclic) bond motifs is 1. The lowest BCUT2D eigenvalue weighted by Gasteiger charge is -2.27. The predicted molar refractivity (Wildman–Crippen MR) is 120 cm³/mol. The van der Waals surface area contributed by atoms with Gasteiger partial charge in [0.05, 0.1) is 30.2 Å². The van der Waals surface area contributed by atoms with E-state index in [0.29, 0.717) is 6.04 Å². The number of benzene rings is 1. The SMILES string of the molecule is Cc1ccc2cc([C@H](c3nnnn3C3CCCC3)[NH+]3CCCCCC3)c(=O)[nH]c2c1C. The Kier molecular flexibility index (Phi) is 5.61. The number of aromatic amines is 1. The Bertz CT molecular complexity index is 1120. The predicted octanol–water partition coefficient (Wildman–Crippen LogP) is 2.79. The van der Waals surface area contributed by atoms with Crippen LogP contribution in [-0.2, 0) is 0 Å². The molecule has 1 atom stereocenters. The molecule has 2 aliphatic rings. The second kappa shape index (κ2) is 8.54. The van der Waals surface area contributed by atoms with E-state index in [1.54, 1.807) is 0 Å². The first kappa shape index (κ1) is 20.4. The number of pyridine rings is 1. The number of hydrogen-bond acceptors (Lipinski definition) is 4. The minimum Gasteiger partial charge on any atom is -0.322 e. The third kappa shape index (κ3) is 3.80. The standard InChI is InChI=1S/C24H32N6O/c1-16-11-12-18-15-20(24(31)25-21(18)17(16)2)22(29-13-7-3-4-8-14-29)23-26-27-28-30(23)19-9-5-6-10-19/h11-12,15,19,22H,3-10,13-14H2,1-2H3,(H,25,31)/p+1/t22-/m1/s1. The first-order valence-corrected chi connectivity index (χ1v) is 11.9. The Hall–Kier alpha value is -2.54. The minimum absolute atomic E-state index is 0.0103. The fraction of sp³-hybridized carbons (Fsp3) is 0.583. The average Bonchev–Trinajstić information content (AvgIpc) is 3.39. The number of aromatic nitrogens is 5. The molecule has 164 valence electrons. The van der Waals surface area contributed by atoms with Crippen LogP contribution in [0.4, 0.5) is 0 Å². The average molecular weight is 422 g/mol. The van der Waals surface area contributed by atoms with Gasteiger partial charge < -0.3 is 9.88 Å². The van der Waals surface area contributed by atoms with Crippen LogP contribution in [-0.4, -0.2) is 38.3 Å².